The van der Waals surface area contributed by atoms with E-state index in [0.717, 1.165) is 18.5 Å². The molecule has 4 atom stereocenters. The van der Waals surface area contributed by atoms with Crippen LogP contribution in [0.25, 0.3) is 0 Å². The summed E-state index contributed by atoms with van der Waals surface area (Å²) in [5.74, 6) is 0.309. The number of rotatable bonds is 3. The predicted molar refractivity (Wildman–Crippen MR) is 67.3 cm³/mol. The van der Waals surface area contributed by atoms with Crippen molar-refractivity contribution in [2.45, 2.75) is 43.1 Å². The predicted octanol–water partition coefficient (Wildman–Crippen LogP) is -0.456. The van der Waals surface area contributed by atoms with E-state index in [1.165, 1.54) is 0 Å². The minimum absolute atomic E-state index is 0.229. The number of carbonyl (C=O) groups excluding carboxylic acids is 1. The van der Waals surface area contributed by atoms with Crippen LogP contribution in [0.15, 0.2) is 6.07 Å². The Hall–Kier alpha value is -1.44. The Morgan fingerprint density at radius 3 is 2.95 bits per heavy atom. The second-order valence-electron chi connectivity index (χ2n) is 5.73. The molecule has 1 aromatic rings. The van der Waals surface area contributed by atoms with Crippen LogP contribution >= 0.6 is 0 Å². The molecule has 3 N–H and O–H groups in total. The fourth-order valence-corrected chi connectivity index (χ4v) is 2.90. The molecule has 0 aromatic carbocycles. The third-order valence-corrected chi connectivity index (χ3v) is 4.19. The van der Waals surface area contributed by atoms with Crippen LogP contribution in [0.4, 0.5) is 0 Å². The molecule has 2 saturated heterocycles. The minimum atomic E-state index is -0.603. The first-order chi connectivity index (χ1) is 9.72. The molecule has 3 fully saturated rings. The summed E-state index contributed by atoms with van der Waals surface area (Å²) in [6.45, 7) is 0.619. The molecule has 3 heterocycles. The van der Waals surface area contributed by atoms with Gasteiger partial charge in [0.2, 0.25) is 0 Å². The third kappa shape index (κ3) is 2.02. The molecule has 7 heteroatoms. The highest BCUT2D eigenvalue weighted by Crippen LogP contribution is 2.39. The molecular formula is C13H17N3O4. The van der Waals surface area contributed by atoms with E-state index in [1.807, 2.05) is 6.07 Å². The smallest absolute Gasteiger partial charge is 0.272 e. The van der Waals surface area contributed by atoms with Crippen LogP contribution in [-0.2, 0) is 9.47 Å². The van der Waals surface area contributed by atoms with Crippen LogP contribution in [0.1, 0.15) is 34.9 Å². The highest BCUT2D eigenvalue weighted by Gasteiger charge is 2.47. The number of carbonyl (C=O) groups is 1. The lowest BCUT2D eigenvalue weighted by Gasteiger charge is -2.16. The van der Waals surface area contributed by atoms with Crippen LogP contribution in [-0.4, -0.2) is 58.8 Å². The van der Waals surface area contributed by atoms with Gasteiger partial charge in [0, 0.05) is 11.6 Å². The molecule has 1 saturated carbocycles. The minimum Gasteiger partial charge on any atom is -0.388 e. The summed E-state index contributed by atoms with van der Waals surface area (Å²) >= 11 is 0. The Morgan fingerprint density at radius 2 is 2.15 bits per heavy atom. The largest absolute Gasteiger partial charge is 0.388 e. The molecule has 7 nitrogen and oxygen atoms in total. The third-order valence-electron chi connectivity index (χ3n) is 4.19. The summed E-state index contributed by atoms with van der Waals surface area (Å²) in [4.78, 5) is 12.2. The highest BCUT2D eigenvalue weighted by molar-refractivity contribution is 5.92. The lowest BCUT2D eigenvalue weighted by molar-refractivity contribution is 0.0178. The average molecular weight is 279 g/mol. The Labute approximate surface area is 115 Å². The van der Waals surface area contributed by atoms with Crippen molar-refractivity contribution in [3.05, 3.63) is 17.5 Å². The van der Waals surface area contributed by atoms with Gasteiger partial charge in [0.1, 0.15) is 24.0 Å². The summed E-state index contributed by atoms with van der Waals surface area (Å²) in [5.41, 5.74) is 1.43. The van der Waals surface area contributed by atoms with Crippen molar-refractivity contribution in [3.63, 3.8) is 0 Å². The number of hydrogen-bond acceptors (Lipinski definition) is 5. The summed E-state index contributed by atoms with van der Waals surface area (Å²) in [5, 5.41) is 19.5. The molecule has 0 bridgehead atoms. The summed E-state index contributed by atoms with van der Waals surface area (Å²) in [6.07, 6.45) is 1.12. The maximum absolute atomic E-state index is 12.2. The number of aromatic amines is 1. The standard InChI is InChI=1S/C13H17N3O4/c17-10-5-20-11-9(4-19-12(10)11)14-13(18)8-3-7(15-16-8)6-1-2-6/h3,6,9-12,17H,1-2,4-5H2,(H,14,18)(H,15,16)/t9-,10-,11+,12+/m0/s1. The summed E-state index contributed by atoms with van der Waals surface area (Å²) < 4.78 is 10.9. The Kier molecular flexibility index (Phi) is 2.80. The normalized spacial score (nSPS) is 36.0. The van der Waals surface area contributed by atoms with Crippen molar-refractivity contribution >= 4 is 5.91 Å². The van der Waals surface area contributed by atoms with E-state index in [2.05, 4.69) is 15.5 Å². The van der Waals surface area contributed by atoms with Crippen LogP contribution in [0, 0.1) is 0 Å². The van der Waals surface area contributed by atoms with Gasteiger partial charge in [-0.2, -0.15) is 5.10 Å². The summed E-state index contributed by atoms with van der Waals surface area (Å²) in [7, 11) is 0. The first kappa shape index (κ1) is 12.3. The maximum atomic E-state index is 12.2. The number of H-pyrrole nitrogens is 1. The lowest BCUT2D eigenvalue weighted by atomic mass is 10.1. The summed E-state index contributed by atoms with van der Waals surface area (Å²) in [6, 6.07) is 1.58. The fraction of sp³-hybridized carbons (Fsp3) is 0.692. The van der Waals surface area contributed by atoms with E-state index >= 15 is 0 Å². The number of nitrogens with one attached hydrogen (secondary N) is 2. The van der Waals surface area contributed by atoms with Crippen LogP contribution < -0.4 is 5.32 Å². The van der Waals surface area contributed by atoms with Crippen LogP contribution in [0.5, 0.6) is 0 Å². The van der Waals surface area contributed by atoms with Gasteiger partial charge in [0.05, 0.1) is 19.3 Å². The molecule has 2 aliphatic heterocycles. The molecule has 1 amide bonds. The number of aliphatic hydroxyl groups excluding tert-OH is 1. The van der Waals surface area contributed by atoms with Crippen molar-refractivity contribution in [1.82, 2.24) is 15.5 Å². The van der Waals surface area contributed by atoms with Crippen molar-refractivity contribution < 1.29 is 19.4 Å². The quantitative estimate of drug-likeness (QED) is 0.696. The Morgan fingerprint density at radius 1 is 1.35 bits per heavy atom. The van der Waals surface area contributed by atoms with Gasteiger partial charge in [-0.1, -0.05) is 0 Å². The molecule has 1 aliphatic carbocycles. The van der Waals surface area contributed by atoms with Crippen molar-refractivity contribution in [3.8, 4) is 0 Å². The van der Waals surface area contributed by atoms with Gasteiger partial charge in [-0.15, -0.1) is 0 Å². The molecule has 20 heavy (non-hydrogen) atoms. The van der Waals surface area contributed by atoms with Gasteiger partial charge in [-0.3, -0.25) is 9.89 Å². The van der Waals surface area contributed by atoms with Crippen LogP contribution in [0.2, 0.25) is 0 Å². The maximum Gasteiger partial charge on any atom is 0.272 e. The van der Waals surface area contributed by atoms with E-state index in [1.54, 1.807) is 0 Å². The SMILES string of the molecule is O=C(N[C@H]1CO[C@H]2[C@@H]1OC[C@@H]2O)c1cc(C2CC2)[nH]n1. The number of aliphatic hydroxyl groups is 1. The second kappa shape index (κ2) is 4.54. The Balaban J connectivity index is 1.42. The monoisotopic (exact) mass is 279 g/mol. The van der Waals surface area contributed by atoms with Crippen molar-refractivity contribution in [2.75, 3.05) is 13.2 Å². The average Bonchev–Trinajstić information content (AvgIpc) is 2.88. The van der Waals surface area contributed by atoms with Gasteiger partial charge in [-0.05, 0) is 18.9 Å². The van der Waals surface area contributed by atoms with Crippen molar-refractivity contribution in [2.24, 2.45) is 0 Å². The van der Waals surface area contributed by atoms with E-state index in [4.69, 9.17) is 9.47 Å². The number of fused-ring (bicyclic) bond motifs is 1. The fourth-order valence-electron chi connectivity index (χ4n) is 2.90. The topological polar surface area (TPSA) is 96.5 Å². The lowest BCUT2D eigenvalue weighted by Crippen LogP contribution is -2.44. The van der Waals surface area contributed by atoms with Gasteiger partial charge in [-0.25, -0.2) is 0 Å². The second-order valence-corrected chi connectivity index (χ2v) is 5.73. The molecular weight excluding hydrogens is 262 g/mol. The molecule has 0 unspecified atom stereocenters. The van der Waals surface area contributed by atoms with Crippen molar-refractivity contribution in [1.29, 1.82) is 0 Å². The number of hydrogen-bond donors (Lipinski definition) is 3. The van der Waals surface area contributed by atoms with Crippen LogP contribution in [0.3, 0.4) is 0 Å². The number of amides is 1. The first-order valence-corrected chi connectivity index (χ1v) is 7.00. The van der Waals surface area contributed by atoms with Gasteiger partial charge in [0.15, 0.2) is 0 Å². The first-order valence-electron chi connectivity index (χ1n) is 7.00. The highest BCUT2D eigenvalue weighted by atomic mass is 16.6. The number of ether oxygens (including phenoxy) is 2. The zero-order chi connectivity index (χ0) is 13.7. The number of aromatic nitrogens is 2. The number of nitrogens with zero attached hydrogens (tertiary/aromatic N) is 1. The van der Waals surface area contributed by atoms with E-state index < -0.39 is 6.10 Å². The molecule has 1 aromatic heterocycles. The molecule has 3 aliphatic rings. The van der Waals surface area contributed by atoms with E-state index in [9.17, 15) is 9.90 Å². The molecule has 0 radical (unpaired) electrons. The Bertz CT molecular complexity index is 527. The van der Waals surface area contributed by atoms with Gasteiger partial charge < -0.3 is 19.9 Å². The zero-order valence-electron chi connectivity index (χ0n) is 10.9. The molecule has 0 spiro atoms. The van der Waals surface area contributed by atoms with Gasteiger partial charge >= 0.3 is 0 Å². The van der Waals surface area contributed by atoms with E-state index in [-0.39, 0.29) is 30.8 Å². The van der Waals surface area contributed by atoms with E-state index in [0.29, 0.717) is 18.2 Å². The molecule has 4 rings (SSSR count). The molecule has 108 valence electrons. The zero-order valence-corrected chi connectivity index (χ0v) is 10.9. The van der Waals surface area contributed by atoms with Gasteiger partial charge in [0.25, 0.3) is 5.91 Å².